The minimum absolute atomic E-state index is 0.00951. The molecule has 0 fully saturated rings. The molecule has 2 heterocycles. The number of aryl methyl sites for hydroxylation is 1. The number of benzene rings is 2. The average molecular weight is 450 g/mol. The summed E-state index contributed by atoms with van der Waals surface area (Å²) in [6, 6.07) is 10.9. The monoisotopic (exact) mass is 449 g/mol. The second kappa shape index (κ2) is 10.1. The zero-order chi connectivity index (χ0) is 23.4. The summed E-state index contributed by atoms with van der Waals surface area (Å²) in [4.78, 5) is 32.8. The molecule has 0 bridgehead atoms. The third-order valence-electron chi connectivity index (χ3n) is 6.13. The van der Waals surface area contributed by atoms with Crippen LogP contribution in [-0.4, -0.2) is 40.6 Å². The van der Waals surface area contributed by atoms with Gasteiger partial charge < -0.3 is 14.4 Å². The lowest BCUT2D eigenvalue weighted by Gasteiger charge is -2.22. The van der Waals surface area contributed by atoms with Crippen LogP contribution in [0.1, 0.15) is 54.9 Å². The smallest absolute Gasteiger partial charge is 0.261 e. The van der Waals surface area contributed by atoms with Crippen molar-refractivity contribution in [3.63, 3.8) is 0 Å². The van der Waals surface area contributed by atoms with Crippen LogP contribution in [0.2, 0.25) is 0 Å². The van der Waals surface area contributed by atoms with Gasteiger partial charge in [-0.25, -0.2) is 4.98 Å². The van der Waals surface area contributed by atoms with Crippen molar-refractivity contribution in [2.45, 2.75) is 52.6 Å². The Morgan fingerprint density at radius 1 is 1.09 bits per heavy atom. The molecule has 0 N–H and O–H groups in total. The molecule has 33 heavy (non-hydrogen) atoms. The molecule has 0 radical (unpaired) electrons. The number of fused-ring (bicyclic) bond motifs is 2. The number of ether oxygens (including phenoxy) is 2. The molecule has 1 amide bonds. The van der Waals surface area contributed by atoms with Crippen LogP contribution in [0.5, 0.6) is 11.5 Å². The minimum atomic E-state index is -0.0934. The van der Waals surface area contributed by atoms with Crippen molar-refractivity contribution >= 4 is 16.8 Å². The summed E-state index contributed by atoms with van der Waals surface area (Å²) in [5.41, 5.74) is 2.07. The lowest BCUT2D eigenvalue weighted by Crippen LogP contribution is -2.30. The van der Waals surface area contributed by atoms with E-state index in [9.17, 15) is 9.59 Å². The number of hydrogen-bond donors (Lipinski definition) is 0. The van der Waals surface area contributed by atoms with Gasteiger partial charge in [-0.05, 0) is 62.6 Å². The first-order chi connectivity index (χ1) is 16.0. The summed E-state index contributed by atoms with van der Waals surface area (Å²) in [7, 11) is 1.61. The van der Waals surface area contributed by atoms with Gasteiger partial charge in [-0.1, -0.05) is 12.5 Å². The van der Waals surface area contributed by atoms with Crippen LogP contribution in [0.4, 0.5) is 0 Å². The predicted molar refractivity (Wildman–Crippen MR) is 128 cm³/mol. The van der Waals surface area contributed by atoms with Crippen molar-refractivity contribution in [3.05, 3.63) is 63.7 Å². The van der Waals surface area contributed by atoms with Gasteiger partial charge in [0.05, 0.1) is 24.6 Å². The molecule has 7 nitrogen and oxygen atoms in total. The predicted octanol–water partition coefficient (Wildman–Crippen LogP) is 4.19. The van der Waals surface area contributed by atoms with E-state index in [1.807, 2.05) is 32.0 Å². The summed E-state index contributed by atoms with van der Waals surface area (Å²) < 4.78 is 12.8. The maximum absolute atomic E-state index is 13.3. The lowest BCUT2D eigenvalue weighted by molar-refractivity contribution is 0.0752. The van der Waals surface area contributed by atoms with E-state index >= 15 is 0 Å². The summed E-state index contributed by atoms with van der Waals surface area (Å²) in [6.07, 6.45) is 3.93. The van der Waals surface area contributed by atoms with E-state index in [-0.39, 0.29) is 11.5 Å². The molecule has 1 aliphatic heterocycles. The van der Waals surface area contributed by atoms with Crippen LogP contribution in [0, 0.1) is 0 Å². The number of methoxy groups -OCH3 is 1. The van der Waals surface area contributed by atoms with Crippen LogP contribution < -0.4 is 15.0 Å². The Morgan fingerprint density at radius 3 is 2.70 bits per heavy atom. The number of hydrogen-bond acceptors (Lipinski definition) is 5. The van der Waals surface area contributed by atoms with Gasteiger partial charge in [0.1, 0.15) is 5.82 Å². The van der Waals surface area contributed by atoms with Crippen molar-refractivity contribution in [2.75, 3.05) is 20.3 Å². The van der Waals surface area contributed by atoms with E-state index in [1.54, 1.807) is 34.8 Å². The first-order valence-electron chi connectivity index (χ1n) is 11.7. The molecule has 7 heteroatoms. The molecule has 3 aromatic rings. The SMILES string of the molecule is CCOc1ccc(CN(CC)C(=O)c2ccc3c(=O)n4c(nc3c2)CCCCC4)cc1OC. The second-order valence-electron chi connectivity index (χ2n) is 8.26. The quantitative estimate of drug-likeness (QED) is 0.541. The van der Waals surface area contributed by atoms with Crippen LogP contribution >= 0.6 is 0 Å². The molecule has 4 rings (SSSR count). The van der Waals surface area contributed by atoms with Gasteiger partial charge in [0.25, 0.3) is 11.5 Å². The van der Waals surface area contributed by atoms with Gasteiger partial charge in [-0.2, -0.15) is 0 Å². The van der Waals surface area contributed by atoms with Gasteiger partial charge in [-0.15, -0.1) is 0 Å². The summed E-state index contributed by atoms with van der Waals surface area (Å²) in [6.45, 7) is 6.14. The highest BCUT2D eigenvalue weighted by Gasteiger charge is 2.19. The number of aromatic nitrogens is 2. The molecule has 0 aliphatic carbocycles. The van der Waals surface area contributed by atoms with E-state index in [4.69, 9.17) is 14.5 Å². The van der Waals surface area contributed by atoms with E-state index in [1.165, 1.54) is 0 Å². The molecule has 0 spiro atoms. The molecule has 1 aliphatic rings. The van der Waals surface area contributed by atoms with E-state index in [2.05, 4.69) is 0 Å². The molecular weight excluding hydrogens is 418 g/mol. The molecule has 0 unspecified atom stereocenters. The van der Waals surface area contributed by atoms with Gasteiger partial charge in [-0.3, -0.25) is 14.2 Å². The Hall–Kier alpha value is -3.35. The third kappa shape index (κ3) is 4.72. The van der Waals surface area contributed by atoms with Crippen LogP contribution in [-0.2, 0) is 19.5 Å². The number of amides is 1. The Kier molecular flexibility index (Phi) is 6.96. The van der Waals surface area contributed by atoms with Crippen molar-refractivity contribution in [1.82, 2.24) is 14.5 Å². The van der Waals surface area contributed by atoms with Crippen molar-refractivity contribution in [1.29, 1.82) is 0 Å². The summed E-state index contributed by atoms with van der Waals surface area (Å²) in [5.74, 6) is 2.06. The van der Waals surface area contributed by atoms with E-state index in [0.29, 0.717) is 54.2 Å². The lowest BCUT2D eigenvalue weighted by atomic mass is 10.1. The molecule has 0 atom stereocenters. The fourth-order valence-corrected chi connectivity index (χ4v) is 4.37. The van der Waals surface area contributed by atoms with Crippen LogP contribution in [0.3, 0.4) is 0 Å². The summed E-state index contributed by atoms with van der Waals surface area (Å²) in [5, 5.41) is 0.566. The van der Waals surface area contributed by atoms with Crippen molar-refractivity contribution in [3.8, 4) is 11.5 Å². The standard InChI is InChI=1S/C26H31N3O4/c1-4-28(17-18-10-13-22(33-5-2)23(15-18)32-3)25(30)19-11-12-20-21(16-19)27-24-9-7-6-8-14-29(24)26(20)31/h10-13,15-16H,4-9,14,17H2,1-3H3. The minimum Gasteiger partial charge on any atom is -0.493 e. The Bertz CT molecular complexity index is 1220. The zero-order valence-corrected chi connectivity index (χ0v) is 19.6. The normalized spacial score (nSPS) is 13.3. The van der Waals surface area contributed by atoms with Gasteiger partial charge >= 0.3 is 0 Å². The molecule has 0 saturated heterocycles. The first kappa shape index (κ1) is 22.8. The summed E-state index contributed by atoms with van der Waals surface area (Å²) >= 11 is 0. The van der Waals surface area contributed by atoms with E-state index in [0.717, 1.165) is 37.1 Å². The van der Waals surface area contributed by atoms with E-state index < -0.39 is 0 Å². The molecule has 174 valence electrons. The fourth-order valence-electron chi connectivity index (χ4n) is 4.37. The molecule has 0 saturated carbocycles. The third-order valence-corrected chi connectivity index (χ3v) is 6.13. The largest absolute Gasteiger partial charge is 0.493 e. The van der Waals surface area contributed by atoms with Gasteiger partial charge in [0.15, 0.2) is 11.5 Å². The number of carbonyl (C=O) groups excluding carboxylic acids is 1. The van der Waals surface area contributed by atoms with Gasteiger partial charge in [0.2, 0.25) is 0 Å². The van der Waals surface area contributed by atoms with Crippen LogP contribution in [0.15, 0.2) is 41.2 Å². The maximum Gasteiger partial charge on any atom is 0.261 e. The van der Waals surface area contributed by atoms with Gasteiger partial charge in [0, 0.05) is 31.6 Å². The second-order valence-corrected chi connectivity index (χ2v) is 8.26. The zero-order valence-electron chi connectivity index (χ0n) is 19.6. The molecule has 1 aromatic heterocycles. The number of nitrogens with zero attached hydrogens (tertiary/aromatic N) is 3. The Morgan fingerprint density at radius 2 is 1.94 bits per heavy atom. The highest BCUT2D eigenvalue weighted by molar-refractivity contribution is 5.97. The highest BCUT2D eigenvalue weighted by Crippen LogP contribution is 2.29. The Balaban J connectivity index is 1.62. The van der Waals surface area contributed by atoms with Crippen molar-refractivity contribution in [2.24, 2.45) is 0 Å². The van der Waals surface area contributed by atoms with Crippen LogP contribution in [0.25, 0.3) is 10.9 Å². The number of rotatable bonds is 7. The van der Waals surface area contributed by atoms with Crippen molar-refractivity contribution < 1.29 is 14.3 Å². The highest BCUT2D eigenvalue weighted by atomic mass is 16.5. The molecular formula is C26H31N3O4. The fraction of sp³-hybridized carbons (Fsp3) is 0.423. The average Bonchev–Trinajstić information content (AvgIpc) is 3.08. The molecule has 2 aromatic carbocycles. The number of carbonyl (C=O) groups is 1. The Labute approximate surface area is 194 Å². The topological polar surface area (TPSA) is 73.7 Å². The first-order valence-corrected chi connectivity index (χ1v) is 11.7. The maximum atomic E-state index is 13.3.